The molecule has 0 bridgehead atoms. The number of fused-ring (bicyclic) bond motifs is 1. The summed E-state index contributed by atoms with van der Waals surface area (Å²) in [6, 6.07) is 6.11. The molecule has 1 fully saturated rings. The summed E-state index contributed by atoms with van der Waals surface area (Å²) in [6.07, 6.45) is 3.32. The molecule has 1 aliphatic heterocycles. The standard InChI is InChI=1S/C24H33N5O4/c1-5-17-8-6-7-11-28(17)23-25-21-20(22(31)26-24(32)27(21)4)29(23)13-18(30)14-33-19-10-9-15(2)16(3)12-19/h9-10,12,17-18,30H,5-8,11,13-14H2,1-4H3,(H,26,31,32)/t17-,18-/m1/s1. The van der Waals surface area contributed by atoms with Gasteiger partial charge in [0.2, 0.25) is 5.95 Å². The molecule has 2 atom stereocenters. The maximum Gasteiger partial charge on any atom is 0.329 e. The summed E-state index contributed by atoms with van der Waals surface area (Å²) < 4.78 is 8.92. The molecule has 1 aromatic carbocycles. The Kier molecular flexibility index (Phi) is 6.60. The highest BCUT2D eigenvalue weighted by Gasteiger charge is 2.28. The third-order valence-electron chi connectivity index (χ3n) is 6.66. The number of nitrogens with one attached hydrogen (secondary N) is 1. The Morgan fingerprint density at radius 1 is 1.24 bits per heavy atom. The largest absolute Gasteiger partial charge is 0.491 e. The molecule has 9 heteroatoms. The van der Waals surface area contributed by atoms with E-state index in [1.165, 1.54) is 10.1 Å². The Bertz CT molecular complexity index is 1260. The number of anilines is 1. The summed E-state index contributed by atoms with van der Waals surface area (Å²) in [5, 5.41) is 10.9. The number of rotatable bonds is 7. The van der Waals surface area contributed by atoms with Crippen molar-refractivity contribution in [1.82, 2.24) is 19.1 Å². The number of aromatic nitrogens is 4. The number of piperidine rings is 1. The van der Waals surface area contributed by atoms with E-state index in [1.54, 1.807) is 11.6 Å². The number of ether oxygens (including phenoxy) is 1. The Morgan fingerprint density at radius 2 is 2.03 bits per heavy atom. The molecule has 178 valence electrons. The lowest BCUT2D eigenvalue weighted by molar-refractivity contribution is 0.0934. The summed E-state index contributed by atoms with van der Waals surface area (Å²) in [5.41, 5.74) is 1.90. The average molecular weight is 456 g/mol. The van der Waals surface area contributed by atoms with E-state index < -0.39 is 17.4 Å². The number of aliphatic hydroxyl groups is 1. The van der Waals surface area contributed by atoms with Crippen LogP contribution < -0.4 is 20.9 Å². The van der Waals surface area contributed by atoms with Crippen molar-refractivity contribution in [3.8, 4) is 5.75 Å². The second kappa shape index (κ2) is 9.43. The molecular weight excluding hydrogens is 422 g/mol. The second-order valence-corrected chi connectivity index (χ2v) is 8.98. The van der Waals surface area contributed by atoms with Crippen LogP contribution in [-0.2, 0) is 13.6 Å². The quantitative estimate of drug-likeness (QED) is 0.566. The van der Waals surface area contributed by atoms with Crippen molar-refractivity contribution in [1.29, 1.82) is 0 Å². The number of imidazole rings is 1. The van der Waals surface area contributed by atoms with Crippen LogP contribution >= 0.6 is 0 Å². The van der Waals surface area contributed by atoms with Gasteiger partial charge in [-0.05, 0) is 62.8 Å². The molecule has 3 aromatic rings. The molecule has 1 saturated heterocycles. The molecule has 0 saturated carbocycles. The van der Waals surface area contributed by atoms with Crippen LogP contribution in [0.15, 0.2) is 27.8 Å². The SMILES string of the molecule is CC[C@@H]1CCCCN1c1nc2c(c(=O)[nH]c(=O)n2C)n1C[C@@H](O)COc1ccc(C)c(C)c1. The highest BCUT2D eigenvalue weighted by atomic mass is 16.5. The van der Waals surface area contributed by atoms with Crippen molar-refractivity contribution in [3.05, 3.63) is 50.2 Å². The first kappa shape index (κ1) is 23.1. The molecule has 3 heterocycles. The van der Waals surface area contributed by atoms with Gasteiger partial charge in [-0.25, -0.2) is 4.79 Å². The van der Waals surface area contributed by atoms with E-state index >= 15 is 0 Å². The number of hydrogen-bond acceptors (Lipinski definition) is 6. The van der Waals surface area contributed by atoms with Crippen molar-refractivity contribution >= 4 is 17.1 Å². The minimum Gasteiger partial charge on any atom is -0.491 e. The summed E-state index contributed by atoms with van der Waals surface area (Å²) >= 11 is 0. The predicted molar refractivity (Wildman–Crippen MR) is 128 cm³/mol. The van der Waals surface area contributed by atoms with Crippen molar-refractivity contribution in [2.45, 2.75) is 65.1 Å². The molecule has 0 spiro atoms. The first-order chi connectivity index (χ1) is 15.8. The van der Waals surface area contributed by atoms with E-state index in [4.69, 9.17) is 9.72 Å². The maximum absolute atomic E-state index is 12.8. The van der Waals surface area contributed by atoms with Gasteiger partial charge in [0.15, 0.2) is 11.2 Å². The van der Waals surface area contributed by atoms with E-state index in [2.05, 4.69) is 16.8 Å². The van der Waals surface area contributed by atoms with Gasteiger partial charge in [0, 0.05) is 19.6 Å². The van der Waals surface area contributed by atoms with Crippen LogP contribution in [0.4, 0.5) is 5.95 Å². The molecule has 0 unspecified atom stereocenters. The van der Waals surface area contributed by atoms with Crippen LogP contribution in [0.2, 0.25) is 0 Å². The Morgan fingerprint density at radius 3 is 2.76 bits per heavy atom. The molecule has 0 aliphatic carbocycles. The van der Waals surface area contributed by atoms with E-state index in [-0.39, 0.29) is 18.7 Å². The van der Waals surface area contributed by atoms with Crippen LogP contribution in [0, 0.1) is 13.8 Å². The number of benzene rings is 1. The minimum atomic E-state index is -0.871. The van der Waals surface area contributed by atoms with Crippen molar-refractivity contribution in [3.63, 3.8) is 0 Å². The molecule has 4 rings (SSSR count). The lowest BCUT2D eigenvalue weighted by Gasteiger charge is -2.36. The smallest absolute Gasteiger partial charge is 0.329 e. The van der Waals surface area contributed by atoms with Gasteiger partial charge in [-0.1, -0.05) is 13.0 Å². The molecule has 1 aliphatic rings. The van der Waals surface area contributed by atoms with Gasteiger partial charge < -0.3 is 19.3 Å². The molecule has 9 nitrogen and oxygen atoms in total. The lowest BCUT2D eigenvalue weighted by atomic mass is 10.0. The molecule has 2 aromatic heterocycles. The summed E-state index contributed by atoms with van der Waals surface area (Å²) in [7, 11) is 1.59. The maximum atomic E-state index is 12.8. The Labute approximate surface area is 192 Å². The van der Waals surface area contributed by atoms with Crippen LogP contribution in [0.25, 0.3) is 11.2 Å². The Hall–Kier alpha value is -3.07. The Balaban J connectivity index is 1.68. The van der Waals surface area contributed by atoms with Gasteiger partial charge in [0.1, 0.15) is 18.5 Å². The highest BCUT2D eigenvalue weighted by molar-refractivity contribution is 5.74. The lowest BCUT2D eigenvalue weighted by Crippen LogP contribution is -2.41. The fourth-order valence-electron chi connectivity index (χ4n) is 4.56. The first-order valence-corrected chi connectivity index (χ1v) is 11.6. The number of aromatic amines is 1. The highest BCUT2D eigenvalue weighted by Crippen LogP contribution is 2.28. The number of nitrogens with zero attached hydrogens (tertiary/aromatic N) is 4. The predicted octanol–water partition coefficient (Wildman–Crippen LogP) is 2.25. The van der Waals surface area contributed by atoms with Gasteiger partial charge in [0.05, 0.1) is 6.54 Å². The number of H-pyrrole nitrogens is 1. The third-order valence-corrected chi connectivity index (χ3v) is 6.66. The molecule has 0 radical (unpaired) electrons. The van der Waals surface area contributed by atoms with Crippen molar-refractivity contribution < 1.29 is 9.84 Å². The molecule has 2 N–H and O–H groups in total. The molecule has 0 amide bonds. The van der Waals surface area contributed by atoms with Crippen LogP contribution in [0.1, 0.15) is 43.7 Å². The normalized spacial score (nSPS) is 17.5. The zero-order chi connectivity index (χ0) is 23.7. The number of aliphatic hydroxyl groups excluding tert-OH is 1. The zero-order valence-electron chi connectivity index (χ0n) is 19.8. The molecule has 33 heavy (non-hydrogen) atoms. The van der Waals surface area contributed by atoms with Crippen molar-refractivity contribution in [2.75, 3.05) is 18.1 Å². The number of hydrogen-bond donors (Lipinski definition) is 2. The van der Waals surface area contributed by atoms with Crippen LogP contribution in [0.3, 0.4) is 0 Å². The van der Waals surface area contributed by atoms with Gasteiger partial charge in [-0.2, -0.15) is 4.98 Å². The topological polar surface area (TPSA) is 105 Å². The van der Waals surface area contributed by atoms with E-state index in [9.17, 15) is 14.7 Å². The molecular formula is C24H33N5O4. The second-order valence-electron chi connectivity index (χ2n) is 8.98. The average Bonchev–Trinajstić information content (AvgIpc) is 3.17. The summed E-state index contributed by atoms with van der Waals surface area (Å²) in [5.74, 6) is 1.31. The van der Waals surface area contributed by atoms with Crippen molar-refractivity contribution in [2.24, 2.45) is 7.05 Å². The fourth-order valence-corrected chi connectivity index (χ4v) is 4.56. The number of aryl methyl sites for hydroxylation is 3. The third kappa shape index (κ3) is 4.55. The van der Waals surface area contributed by atoms with E-state index in [0.29, 0.717) is 23.4 Å². The summed E-state index contributed by atoms with van der Waals surface area (Å²) in [4.78, 5) is 34.3. The fraction of sp³-hybridized carbons (Fsp3) is 0.542. The van der Waals surface area contributed by atoms with Gasteiger partial charge in [0.25, 0.3) is 5.56 Å². The first-order valence-electron chi connectivity index (χ1n) is 11.6. The van der Waals surface area contributed by atoms with Gasteiger partial charge >= 0.3 is 5.69 Å². The van der Waals surface area contributed by atoms with Gasteiger partial charge in [-0.3, -0.25) is 14.3 Å². The van der Waals surface area contributed by atoms with E-state index in [1.807, 2.05) is 32.0 Å². The monoisotopic (exact) mass is 455 g/mol. The minimum absolute atomic E-state index is 0.0719. The van der Waals surface area contributed by atoms with Gasteiger partial charge in [-0.15, -0.1) is 0 Å². The summed E-state index contributed by atoms with van der Waals surface area (Å²) in [6.45, 7) is 7.22. The van der Waals surface area contributed by atoms with Crippen LogP contribution in [-0.4, -0.2) is 49.5 Å². The van der Waals surface area contributed by atoms with Crippen LogP contribution in [0.5, 0.6) is 5.75 Å². The zero-order valence-corrected chi connectivity index (χ0v) is 19.8. The van der Waals surface area contributed by atoms with E-state index in [0.717, 1.165) is 37.8 Å².